The molecule has 1 heterocycles. The summed E-state index contributed by atoms with van der Waals surface area (Å²) < 4.78 is 23.7. The molecule has 7 heteroatoms. The Labute approximate surface area is 143 Å². The highest BCUT2D eigenvalue weighted by Crippen LogP contribution is 2.10. The summed E-state index contributed by atoms with van der Waals surface area (Å²) in [5.41, 5.74) is 0.600. The van der Waals surface area contributed by atoms with Crippen molar-refractivity contribution in [1.82, 2.24) is 15.5 Å². The smallest absolute Gasteiger partial charge is 0.264 e. The average Bonchev–Trinajstić information content (AvgIpc) is 3.07. The van der Waals surface area contributed by atoms with Gasteiger partial charge in [0, 0.05) is 0 Å². The van der Waals surface area contributed by atoms with E-state index in [1.807, 2.05) is 30.3 Å². The molecule has 0 saturated heterocycles. The lowest BCUT2D eigenvalue weighted by Crippen LogP contribution is -2.25. The zero-order valence-electron chi connectivity index (χ0n) is 13.3. The second-order valence-electron chi connectivity index (χ2n) is 5.29. The van der Waals surface area contributed by atoms with Crippen molar-refractivity contribution in [3.8, 4) is 5.75 Å². The quantitative estimate of drug-likeness (QED) is 0.715. The van der Waals surface area contributed by atoms with Crippen molar-refractivity contribution in [1.29, 1.82) is 0 Å². The van der Waals surface area contributed by atoms with Gasteiger partial charge < -0.3 is 14.6 Å². The third kappa shape index (κ3) is 5.13. The second-order valence-corrected chi connectivity index (χ2v) is 5.29. The molecule has 1 aromatic heterocycles. The molecule has 0 saturated carbocycles. The van der Waals surface area contributed by atoms with Crippen molar-refractivity contribution >= 4 is 5.91 Å². The number of halogens is 1. The number of ether oxygens (including phenoxy) is 1. The predicted octanol–water partition coefficient (Wildman–Crippen LogP) is 2.65. The minimum atomic E-state index is -0.369. The Kier molecular flexibility index (Phi) is 5.36. The van der Waals surface area contributed by atoms with Crippen LogP contribution in [0.15, 0.2) is 59.1 Å². The number of benzene rings is 2. The van der Waals surface area contributed by atoms with Gasteiger partial charge in [-0.1, -0.05) is 35.5 Å². The molecule has 0 aliphatic rings. The lowest BCUT2D eigenvalue weighted by Gasteiger charge is -2.03. The molecule has 0 bridgehead atoms. The Hall–Kier alpha value is -3.22. The maximum absolute atomic E-state index is 13.1. The van der Waals surface area contributed by atoms with Crippen molar-refractivity contribution in [2.45, 2.75) is 19.6 Å². The molecule has 128 valence electrons. The lowest BCUT2D eigenvalue weighted by molar-refractivity contribution is -0.120. The van der Waals surface area contributed by atoms with E-state index < -0.39 is 0 Å². The number of rotatable bonds is 7. The minimum absolute atomic E-state index is 0.0829. The van der Waals surface area contributed by atoms with Crippen LogP contribution in [-0.2, 0) is 24.4 Å². The number of carbonyl (C=O) groups excluding carboxylic acids is 1. The highest BCUT2D eigenvalue weighted by Gasteiger charge is 2.09. The summed E-state index contributed by atoms with van der Waals surface area (Å²) in [6, 6.07) is 15.2. The normalized spacial score (nSPS) is 10.4. The molecule has 3 rings (SSSR count). The number of nitrogens with one attached hydrogen (secondary N) is 1. The monoisotopic (exact) mass is 341 g/mol. The van der Waals surface area contributed by atoms with Crippen molar-refractivity contribution in [3.05, 3.63) is 77.7 Å². The number of hydrogen-bond acceptors (Lipinski definition) is 5. The summed E-state index contributed by atoms with van der Waals surface area (Å²) in [6.07, 6.45) is 0.0829. The average molecular weight is 341 g/mol. The summed E-state index contributed by atoms with van der Waals surface area (Å²) in [5.74, 6) is 0.743. The second kappa shape index (κ2) is 8.05. The Bertz CT molecular complexity index is 836. The van der Waals surface area contributed by atoms with Gasteiger partial charge in [0.25, 0.3) is 5.89 Å². The fraction of sp³-hybridized carbons (Fsp3) is 0.167. The molecule has 0 fully saturated rings. The molecule has 0 aliphatic heterocycles. The van der Waals surface area contributed by atoms with Crippen LogP contribution in [0.1, 0.15) is 17.3 Å². The molecule has 0 spiro atoms. The highest BCUT2D eigenvalue weighted by atomic mass is 19.1. The largest absolute Gasteiger partial charge is 0.484 e. The van der Waals surface area contributed by atoms with Crippen LogP contribution in [0.25, 0.3) is 0 Å². The van der Waals surface area contributed by atoms with Gasteiger partial charge in [0.05, 0.1) is 13.0 Å². The number of carbonyl (C=O) groups is 1. The van der Waals surface area contributed by atoms with Crippen LogP contribution in [-0.4, -0.2) is 16.0 Å². The van der Waals surface area contributed by atoms with Gasteiger partial charge in [0.2, 0.25) is 5.91 Å². The first-order chi connectivity index (χ1) is 12.2. The van der Waals surface area contributed by atoms with E-state index in [4.69, 9.17) is 9.26 Å². The Morgan fingerprint density at radius 2 is 2.00 bits per heavy atom. The van der Waals surface area contributed by atoms with E-state index >= 15 is 0 Å². The van der Waals surface area contributed by atoms with E-state index in [1.54, 1.807) is 12.1 Å². The number of para-hydroxylation sites is 1. The lowest BCUT2D eigenvalue weighted by atomic mass is 10.1. The van der Waals surface area contributed by atoms with E-state index in [0.29, 0.717) is 23.0 Å². The van der Waals surface area contributed by atoms with Crippen LogP contribution in [0.2, 0.25) is 0 Å². The van der Waals surface area contributed by atoms with Gasteiger partial charge in [-0.2, -0.15) is 4.98 Å². The maximum Gasteiger partial charge on any atom is 0.264 e. The third-order valence-electron chi connectivity index (χ3n) is 3.31. The summed E-state index contributed by atoms with van der Waals surface area (Å²) >= 11 is 0. The number of aromatic nitrogens is 2. The van der Waals surface area contributed by atoms with Gasteiger partial charge in [-0.15, -0.1) is 0 Å². The van der Waals surface area contributed by atoms with Crippen molar-refractivity contribution < 1.29 is 18.4 Å². The SMILES string of the molecule is O=C(Cc1cccc(F)c1)NCc1noc(COc2ccccc2)n1. The van der Waals surface area contributed by atoms with Gasteiger partial charge in [0.1, 0.15) is 11.6 Å². The van der Waals surface area contributed by atoms with Crippen LogP contribution in [0.5, 0.6) is 5.75 Å². The molecular weight excluding hydrogens is 325 g/mol. The molecule has 1 amide bonds. The first kappa shape index (κ1) is 16.6. The van der Waals surface area contributed by atoms with E-state index in [1.165, 1.54) is 12.1 Å². The van der Waals surface area contributed by atoms with Gasteiger partial charge in [-0.25, -0.2) is 4.39 Å². The summed E-state index contributed by atoms with van der Waals surface area (Å²) in [7, 11) is 0. The van der Waals surface area contributed by atoms with Crippen molar-refractivity contribution in [2.75, 3.05) is 0 Å². The van der Waals surface area contributed by atoms with E-state index in [2.05, 4.69) is 15.5 Å². The van der Waals surface area contributed by atoms with Crippen LogP contribution in [0.4, 0.5) is 4.39 Å². The van der Waals surface area contributed by atoms with Crippen molar-refractivity contribution in [3.63, 3.8) is 0 Å². The molecule has 3 aromatic rings. The summed E-state index contributed by atoms with van der Waals surface area (Å²) in [6.45, 7) is 0.275. The molecule has 25 heavy (non-hydrogen) atoms. The van der Waals surface area contributed by atoms with E-state index in [0.717, 1.165) is 0 Å². The molecule has 6 nitrogen and oxygen atoms in total. The number of hydrogen-bond donors (Lipinski definition) is 1. The minimum Gasteiger partial charge on any atom is -0.484 e. The fourth-order valence-corrected chi connectivity index (χ4v) is 2.15. The number of amides is 1. The maximum atomic E-state index is 13.1. The summed E-state index contributed by atoms with van der Waals surface area (Å²) in [5, 5.41) is 6.45. The Morgan fingerprint density at radius 1 is 1.16 bits per heavy atom. The van der Waals surface area contributed by atoms with Crippen LogP contribution in [0, 0.1) is 5.82 Å². The van der Waals surface area contributed by atoms with Gasteiger partial charge in [-0.05, 0) is 29.8 Å². The van der Waals surface area contributed by atoms with Gasteiger partial charge in [-0.3, -0.25) is 4.79 Å². The standard InChI is InChI=1S/C18H16FN3O3/c19-14-6-4-5-13(9-14)10-17(23)20-11-16-21-18(25-22-16)12-24-15-7-2-1-3-8-15/h1-9H,10-12H2,(H,20,23). The molecular formula is C18H16FN3O3. The fourth-order valence-electron chi connectivity index (χ4n) is 2.15. The third-order valence-corrected chi connectivity index (χ3v) is 3.31. The number of nitrogens with zero attached hydrogens (tertiary/aromatic N) is 2. The molecule has 0 atom stereocenters. The van der Waals surface area contributed by atoms with Crippen LogP contribution < -0.4 is 10.1 Å². The predicted molar refractivity (Wildman–Crippen MR) is 87.0 cm³/mol. The first-order valence-electron chi connectivity index (χ1n) is 7.69. The summed E-state index contributed by atoms with van der Waals surface area (Å²) in [4.78, 5) is 16.0. The topological polar surface area (TPSA) is 77.2 Å². The highest BCUT2D eigenvalue weighted by molar-refractivity contribution is 5.78. The molecule has 0 aliphatic carbocycles. The van der Waals surface area contributed by atoms with E-state index in [-0.39, 0.29) is 31.3 Å². The zero-order chi connectivity index (χ0) is 17.5. The molecule has 0 radical (unpaired) electrons. The molecule has 2 aromatic carbocycles. The molecule has 0 unspecified atom stereocenters. The Balaban J connectivity index is 1.45. The zero-order valence-corrected chi connectivity index (χ0v) is 13.3. The van der Waals surface area contributed by atoms with Crippen molar-refractivity contribution in [2.24, 2.45) is 0 Å². The van der Waals surface area contributed by atoms with E-state index in [9.17, 15) is 9.18 Å². The van der Waals surface area contributed by atoms with Crippen LogP contribution in [0.3, 0.4) is 0 Å². The molecule has 1 N–H and O–H groups in total. The van der Waals surface area contributed by atoms with Crippen LogP contribution >= 0.6 is 0 Å². The van der Waals surface area contributed by atoms with Gasteiger partial charge >= 0.3 is 0 Å². The first-order valence-corrected chi connectivity index (χ1v) is 7.69. The van der Waals surface area contributed by atoms with Gasteiger partial charge in [0.15, 0.2) is 12.4 Å². The Morgan fingerprint density at radius 3 is 2.80 bits per heavy atom.